The summed E-state index contributed by atoms with van der Waals surface area (Å²) >= 11 is 0. The lowest BCUT2D eigenvalue weighted by atomic mass is 9.94. The highest BCUT2D eigenvalue weighted by molar-refractivity contribution is 5.73. The Labute approximate surface area is 122 Å². The Balaban J connectivity index is 2.85. The smallest absolute Gasteiger partial charge is 0.310 e. The fourth-order valence-corrected chi connectivity index (χ4v) is 2.42. The molecule has 0 aliphatic carbocycles. The maximum absolute atomic E-state index is 11.9. The number of benzene rings is 1. The van der Waals surface area contributed by atoms with E-state index in [0.29, 0.717) is 6.42 Å². The van der Waals surface area contributed by atoms with Gasteiger partial charge in [0.1, 0.15) is 0 Å². The summed E-state index contributed by atoms with van der Waals surface area (Å²) in [5.74, 6) is -0.363. The third-order valence-electron chi connectivity index (χ3n) is 4.04. The van der Waals surface area contributed by atoms with Crippen molar-refractivity contribution in [3.8, 4) is 0 Å². The predicted molar refractivity (Wildman–Crippen MR) is 82.4 cm³/mol. The van der Waals surface area contributed by atoms with E-state index in [1.54, 1.807) is 6.08 Å². The summed E-state index contributed by atoms with van der Waals surface area (Å²) in [6, 6.07) is 10.6. The fraction of sp³-hybridized carbons (Fsp3) is 0.471. The number of hydrogen-bond acceptors (Lipinski definition) is 3. The Kier molecular flexibility index (Phi) is 6.46. The van der Waals surface area contributed by atoms with Crippen molar-refractivity contribution in [3.05, 3.63) is 48.6 Å². The number of ether oxygens (including phenoxy) is 1. The summed E-state index contributed by atoms with van der Waals surface area (Å²) in [6.07, 6.45) is 2.40. The molecule has 0 amide bonds. The van der Waals surface area contributed by atoms with E-state index >= 15 is 0 Å². The maximum Gasteiger partial charge on any atom is 0.310 e. The van der Waals surface area contributed by atoms with Crippen molar-refractivity contribution in [2.75, 3.05) is 14.2 Å². The number of hydrogen-bond donors (Lipinski definition) is 0. The van der Waals surface area contributed by atoms with Crippen molar-refractivity contribution in [2.45, 2.75) is 32.4 Å². The molecule has 20 heavy (non-hydrogen) atoms. The first-order valence-electron chi connectivity index (χ1n) is 6.98. The van der Waals surface area contributed by atoms with Gasteiger partial charge >= 0.3 is 5.97 Å². The first-order valence-corrected chi connectivity index (χ1v) is 6.98. The zero-order valence-electron chi connectivity index (χ0n) is 12.9. The summed E-state index contributed by atoms with van der Waals surface area (Å²) in [5, 5.41) is 0. The van der Waals surface area contributed by atoms with Gasteiger partial charge in [0.2, 0.25) is 0 Å². The summed E-state index contributed by atoms with van der Waals surface area (Å²) in [4.78, 5) is 14.1. The summed E-state index contributed by atoms with van der Waals surface area (Å²) < 4.78 is 4.91. The van der Waals surface area contributed by atoms with Gasteiger partial charge in [-0.2, -0.15) is 0 Å². The van der Waals surface area contributed by atoms with E-state index in [1.807, 2.05) is 25.2 Å². The Morgan fingerprint density at radius 2 is 1.95 bits per heavy atom. The molecule has 0 heterocycles. The maximum atomic E-state index is 11.9. The highest BCUT2D eigenvalue weighted by Gasteiger charge is 2.30. The van der Waals surface area contributed by atoms with Crippen LogP contribution in [-0.4, -0.2) is 31.1 Å². The molecule has 0 aliphatic rings. The molecule has 0 saturated heterocycles. The molecule has 0 aromatic heterocycles. The molecule has 0 aliphatic heterocycles. The number of rotatable bonds is 7. The molecule has 1 unspecified atom stereocenters. The lowest BCUT2D eigenvalue weighted by molar-refractivity contribution is -0.147. The number of allylic oxidation sites excluding steroid dienone is 1. The number of methoxy groups -OCH3 is 1. The van der Waals surface area contributed by atoms with Crippen LogP contribution in [0.3, 0.4) is 0 Å². The number of carbonyl (C=O) groups is 1. The summed E-state index contributed by atoms with van der Waals surface area (Å²) in [5.41, 5.74) is 1.24. The Hall–Kier alpha value is -1.61. The van der Waals surface area contributed by atoms with Crippen LogP contribution in [-0.2, 0) is 9.53 Å². The van der Waals surface area contributed by atoms with Crippen LogP contribution in [0.4, 0.5) is 0 Å². The normalized spacial score (nSPS) is 15.4. The average molecular weight is 275 g/mol. The van der Waals surface area contributed by atoms with Gasteiger partial charge in [-0.1, -0.05) is 36.4 Å². The number of nitrogens with zero attached hydrogens (tertiary/aromatic N) is 1. The van der Waals surface area contributed by atoms with E-state index in [4.69, 9.17) is 4.74 Å². The second-order valence-electron chi connectivity index (χ2n) is 5.15. The van der Waals surface area contributed by atoms with Gasteiger partial charge < -0.3 is 4.74 Å². The van der Waals surface area contributed by atoms with E-state index in [0.717, 1.165) is 0 Å². The fourth-order valence-electron chi connectivity index (χ4n) is 2.42. The van der Waals surface area contributed by atoms with Crippen molar-refractivity contribution in [1.29, 1.82) is 0 Å². The highest BCUT2D eigenvalue weighted by Crippen LogP contribution is 2.25. The van der Waals surface area contributed by atoms with Crippen LogP contribution >= 0.6 is 0 Å². The average Bonchev–Trinajstić information content (AvgIpc) is 2.50. The molecule has 3 nitrogen and oxygen atoms in total. The van der Waals surface area contributed by atoms with Gasteiger partial charge in [0.25, 0.3) is 0 Å². The topological polar surface area (TPSA) is 29.5 Å². The highest BCUT2D eigenvalue weighted by atomic mass is 16.5. The quantitative estimate of drug-likeness (QED) is 0.564. The van der Waals surface area contributed by atoms with E-state index in [9.17, 15) is 4.79 Å². The van der Waals surface area contributed by atoms with Gasteiger partial charge in [0.05, 0.1) is 13.0 Å². The second kappa shape index (κ2) is 7.85. The van der Waals surface area contributed by atoms with Crippen molar-refractivity contribution in [1.82, 2.24) is 4.90 Å². The molecule has 110 valence electrons. The first-order chi connectivity index (χ1) is 9.52. The third kappa shape index (κ3) is 3.94. The van der Waals surface area contributed by atoms with Crippen molar-refractivity contribution >= 4 is 5.97 Å². The van der Waals surface area contributed by atoms with Crippen LogP contribution in [0.15, 0.2) is 43.0 Å². The van der Waals surface area contributed by atoms with E-state index in [-0.39, 0.29) is 24.0 Å². The van der Waals surface area contributed by atoms with Gasteiger partial charge in [-0.3, -0.25) is 9.69 Å². The van der Waals surface area contributed by atoms with Crippen LogP contribution in [0.2, 0.25) is 0 Å². The second-order valence-corrected chi connectivity index (χ2v) is 5.15. The standard InChI is InChI=1S/C17H25NO2/c1-6-10-16(17(19)20-5)14(3)18(4)13(2)15-11-8-7-9-12-15/h6-9,11-14,16H,1,10H2,2-5H3/t13-,14-,16?/m0/s1. The largest absolute Gasteiger partial charge is 0.469 e. The number of carbonyl (C=O) groups excluding carboxylic acids is 1. The van der Waals surface area contributed by atoms with Gasteiger partial charge in [-0.15, -0.1) is 6.58 Å². The summed E-state index contributed by atoms with van der Waals surface area (Å²) in [7, 11) is 3.48. The van der Waals surface area contributed by atoms with Crippen LogP contribution < -0.4 is 0 Å². The van der Waals surface area contributed by atoms with Crippen LogP contribution in [0.1, 0.15) is 31.9 Å². The van der Waals surface area contributed by atoms with E-state index in [1.165, 1.54) is 12.7 Å². The molecule has 0 radical (unpaired) electrons. The molecular weight excluding hydrogens is 250 g/mol. The lowest BCUT2D eigenvalue weighted by Gasteiger charge is -2.34. The van der Waals surface area contributed by atoms with Gasteiger partial charge in [-0.25, -0.2) is 0 Å². The number of esters is 1. The molecule has 0 bridgehead atoms. The molecule has 0 N–H and O–H groups in total. The Morgan fingerprint density at radius 3 is 2.45 bits per heavy atom. The molecule has 0 spiro atoms. The minimum absolute atomic E-state index is 0.0793. The minimum Gasteiger partial charge on any atom is -0.469 e. The molecule has 3 atom stereocenters. The molecule has 1 rings (SSSR count). The zero-order chi connectivity index (χ0) is 15.1. The van der Waals surface area contributed by atoms with E-state index < -0.39 is 0 Å². The zero-order valence-corrected chi connectivity index (χ0v) is 12.9. The van der Waals surface area contributed by atoms with Crippen molar-refractivity contribution in [2.24, 2.45) is 5.92 Å². The Morgan fingerprint density at radius 1 is 1.35 bits per heavy atom. The molecule has 0 saturated carbocycles. The SMILES string of the molecule is C=CCC(C(=O)OC)[C@H](C)N(C)[C@@H](C)c1ccccc1. The Bertz CT molecular complexity index is 430. The van der Waals surface area contributed by atoms with Crippen molar-refractivity contribution < 1.29 is 9.53 Å². The van der Waals surface area contributed by atoms with Gasteiger partial charge in [-0.05, 0) is 32.9 Å². The molecule has 1 aromatic carbocycles. The minimum atomic E-state index is -0.186. The first kappa shape index (κ1) is 16.4. The summed E-state index contributed by atoms with van der Waals surface area (Å²) in [6.45, 7) is 7.94. The van der Waals surface area contributed by atoms with Crippen LogP contribution in [0.25, 0.3) is 0 Å². The molecule has 1 aromatic rings. The van der Waals surface area contributed by atoms with Gasteiger partial charge in [0, 0.05) is 12.1 Å². The van der Waals surface area contributed by atoms with Crippen LogP contribution in [0, 0.1) is 5.92 Å². The van der Waals surface area contributed by atoms with E-state index in [2.05, 4.69) is 37.5 Å². The third-order valence-corrected chi connectivity index (χ3v) is 4.04. The lowest BCUT2D eigenvalue weighted by Crippen LogP contribution is -2.41. The molecular formula is C17H25NO2. The molecule has 0 fully saturated rings. The van der Waals surface area contributed by atoms with Crippen molar-refractivity contribution in [3.63, 3.8) is 0 Å². The predicted octanol–water partition coefficient (Wildman–Crippen LogP) is 3.43. The molecule has 3 heteroatoms. The van der Waals surface area contributed by atoms with Crippen LogP contribution in [0.5, 0.6) is 0 Å². The monoisotopic (exact) mass is 275 g/mol. The van der Waals surface area contributed by atoms with Gasteiger partial charge in [0.15, 0.2) is 0 Å².